The molecule has 112 valence electrons. The zero-order chi connectivity index (χ0) is 14.7. The average molecular weight is 293 g/mol. The highest BCUT2D eigenvalue weighted by Gasteiger charge is 2.43. The van der Waals surface area contributed by atoms with Gasteiger partial charge in [0.2, 0.25) is 0 Å². The number of nitrogens with zero attached hydrogens (tertiary/aromatic N) is 1. The lowest BCUT2D eigenvalue weighted by atomic mass is 9.76. The van der Waals surface area contributed by atoms with Crippen LogP contribution in [-0.2, 0) is 14.9 Å². The molecule has 0 bridgehead atoms. The van der Waals surface area contributed by atoms with E-state index in [4.69, 9.17) is 5.73 Å². The van der Waals surface area contributed by atoms with Crippen molar-refractivity contribution in [3.8, 4) is 0 Å². The van der Waals surface area contributed by atoms with Crippen LogP contribution in [0.5, 0.6) is 0 Å². The van der Waals surface area contributed by atoms with Gasteiger partial charge < -0.3 is 10.5 Å². The molecule has 0 aromatic heterocycles. The van der Waals surface area contributed by atoms with Crippen LogP contribution in [0.15, 0.2) is 0 Å². The standard InChI is InChI=1S/C11H23N3O4S/c1-9-5-4-6-11(7-9,8-12)14(2)19(16,17)13-10(15)18-3/h9H,4-8,12H2,1-3H3,(H,13,15). The Labute approximate surface area is 114 Å². The number of nitrogens with two attached hydrogens (primary N) is 1. The first-order chi connectivity index (χ1) is 8.77. The molecule has 1 aliphatic carbocycles. The molecule has 1 aliphatic rings. The fourth-order valence-corrected chi connectivity index (χ4v) is 3.88. The second-order valence-corrected chi connectivity index (χ2v) is 6.90. The number of carbonyl (C=O) groups is 1. The number of hydrogen-bond donors (Lipinski definition) is 2. The summed E-state index contributed by atoms with van der Waals surface area (Å²) in [5.74, 6) is 0.410. The van der Waals surface area contributed by atoms with E-state index in [1.807, 2.05) is 4.72 Å². The molecular formula is C11H23N3O4S. The van der Waals surface area contributed by atoms with Crippen molar-refractivity contribution in [1.82, 2.24) is 9.03 Å². The van der Waals surface area contributed by atoms with Gasteiger partial charge in [0.1, 0.15) is 0 Å². The maximum Gasteiger partial charge on any atom is 0.421 e. The molecule has 2 atom stereocenters. The van der Waals surface area contributed by atoms with E-state index in [1.54, 1.807) is 0 Å². The van der Waals surface area contributed by atoms with Crippen LogP contribution < -0.4 is 10.5 Å². The molecule has 0 aliphatic heterocycles. The normalized spacial score (nSPS) is 28.2. The number of ether oxygens (including phenoxy) is 1. The first-order valence-corrected chi connectivity index (χ1v) is 7.76. The molecular weight excluding hydrogens is 270 g/mol. The average Bonchev–Trinajstić information content (AvgIpc) is 2.37. The van der Waals surface area contributed by atoms with E-state index < -0.39 is 21.8 Å². The Morgan fingerprint density at radius 3 is 2.68 bits per heavy atom. The van der Waals surface area contributed by atoms with E-state index in [-0.39, 0.29) is 6.54 Å². The Hall–Kier alpha value is -0.860. The molecule has 8 heteroatoms. The van der Waals surface area contributed by atoms with Crippen molar-refractivity contribution in [3.05, 3.63) is 0 Å². The zero-order valence-electron chi connectivity index (χ0n) is 11.7. The monoisotopic (exact) mass is 293 g/mol. The van der Waals surface area contributed by atoms with Gasteiger partial charge in [-0.3, -0.25) is 0 Å². The predicted molar refractivity (Wildman–Crippen MR) is 71.6 cm³/mol. The van der Waals surface area contributed by atoms with Crippen LogP contribution in [0.3, 0.4) is 0 Å². The zero-order valence-corrected chi connectivity index (χ0v) is 12.5. The maximum atomic E-state index is 12.1. The summed E-state index contributed by atoms with van der Waals surface area (Å²) in [5, 5.41) is 0. The molecule has 19 heavy (non-hydrogen) atoms. The fraction of sp³-hybridized carbons (Fsp3) is 0.909. The van der Waals surface area contributed by atoms with Crippen LogP contribution in [0.2, 0.25) is 0 Å². The SMILES string of the molecule is COC(=O)NS(=O)(=O)N(C)C1(CN)CCCC(C)C1. The molecule has 1 saturated carbocycles. The van der Waals surface area contributed by atoms with Gasteiger partial charge >= 0.3 is 16.3 Å². The summed E-state index contributed by atoms with van der Waals surface area (Å²) in [6, 6.07) is 0. The van der Waals surface area contributed by atoms with Gasteiger partial charge in [0.15, 0.2) is 0 Å². The van der Waals surface area contributed by atoms with Crippen molar-refractivity contribution in [2.24, 2.45) is 11.7 Å². The highest BCUT2D eigenvalue weighted by molar-refractivity contribution is 7.87. The number of amides is 1. The van der Waals surface area contributed by atoms with E-state index in [1.165, 1.54) is 11.4 Å². The summed E-state index contributed by atoms with van der Waals surface area (Å²) in [6.45, 7) is 2.31. The first-order valence-electron chi connectivity index (χ1n) is 6.32. The van der Waals surface area contributed by atoms with E-state index in [9.17, 15) is 13.2 Å². The summed E-state index contributed by atoms with van der Waals surface area (Å²) in [5.41, 5.74) is 5.18. The molecule has 0 aromatic rings. The lowest BCUT2D eigenvalue weighted by Gasteiger charge is -2.44. The van der Waals surface area contributed by atoms with E-state index in [0.29, 0.717) is 18.8 Å². The lowest BCUT2D eigenvalue weighted by Crippen LogP contribution is -2.59. The third-order valence-corrected chi connectivity index (χ3v) is 5.41. The summed E-state index contributed by atoms with van der Waals surface area (Å²) in [7, 11) is -1.36. The third-order valence-electron chi connectivity index (χ3n) is 3.87. The number of hydrogen-bond acceptors (Lipinski definition) is 5. The summed E-state index contributed by atoms with van der Waals surface area (Å²) in [4.78, 5) is 11.1. The van der Waals surface area contributed by atoms with E-state index in [0.717, 1.165) is 20.0 Å². The van der Waals surface area contributed by atoms with Crippen LogP contribution in [-0.4, -0.2) is 45.1 Å². The highest BCUT2D eigenvalue weighted by Crippen LogP contribution is 2.36. The molecule has 1 amide bonds. The second kappa shape index (κ2) is 6.06. The van der Waals surface area contributed by atoms with Crippen LogP contribution in [0.1, 0.15) is 32.6 Å². The van der Waals surface area contributed by atoms with Crippen LogP contribution in [0.25, 0.3) is 0 Å². The first kappa shape index (κ1) is 16.2. The molecule has 0 aromatic carbocycles. The minimum atomic E-state index is -3.94. The number of likely N-dealkylation sites (N-methyl/N-ethyl adjacent to an activating group) is 1. The molecule has 0 heterocycles. The van der Waals surface area contributed by atoms with Gasteiger partial charge in [0.05, 0.1) is 7.11 Å². The van der Waals surface area contributed by atoms with E-state index >= 15 is 0 Å². The van der Waals surface area contributed by atoms with Gasteiger partial charge in [-0.05, 0) is 18.8 Å². The third kappa shape index (κ3) is 3.58. The smallest absolute Gasteiger partial charge is 0.421 e. The molecule has 0 spiro atoms. The quantitative estimate of drug-likeness (QED) is 0.782. The minimum Gasteiger partial charge on any atom is -0.452 e. The Kier molecular flexibility index (Phi) is 5.17. The van der Waals surface area contributed by atoms with Crippen molar-refractivity contribution in [2.45, 2.75) is 38.1 Å². The molecule has 1 rings (SSSR count). The van der Waals surface area contributed by atoms with Gasteiger partial charge in [-0.25, -0.2) is 9.52 Å². The molecule has 2 unspecified atom stereocenters. The van der Waals surface area contributed by atoms with Crippen LogP contribution in [0, 0.1) is 5.92 Å². The second-order valence-electron chi connectivity index (χ2n) is 5.20. The number of methoxy groups -OCH3 is 1. The maximum absolute atomic E-state index is 12.1. The minimum absolute atomic E-state index is 0.232. The van der Waals surface area contributed by atoms with Gasteiger partial charge in [-0.2, -0.15) is 12.7 Å². The van der Waals surface area contributed by atoms with Gasteiger partial charge in [0, 0.05) is 19.1 Å². The molecule has 7 nitrogen and oxygen atoms in total. The van der Waals surface area contributed by atoms with Crippen molar-refractivity contribution < 1.29 is 17.9 Å². The molecule has 1 fully saturated rings. The van der Waals surface area contributed by atoms with Gasteiger partial charge in [-0.15, -0.1) is 0 Å². The Bertz CT molecular complexity index is 426. The van der Waals surface area contributed by atoms with Gasteiger partial charge in [-0.1, -0.05) is 19.8 Å². The van der Waals surface area contributed by atoms with Crippen LogP contribution in [0.4, 0.5) is 4.79 Å². The van der Waals surface area contributed by atoms with Crippen molar-refractivity contribution in [1.29, 1.82) is 0 Å². The van der Waals surface area contributed by atoms with Crippen molar-refractivity contribution in [2.75, 3.05) is 20.7 Å². The predicted octanol–water partition coefficient (Wildman–Crippen LogP) is 0.427. The Morgan fingerprint density at radius 1 is 1.58 bits per heavy atom. The Morgan fingerprint density at radius 2 is 2.21 bits per heavy atom. The summed E-state index contributed by atoms with van der Waals surface area (Å²) in [6.07, 6.45) is 2.40. The van der Waals surface area contributed by atoms with Gasteiger partial charge in [0.25, 0.3) is 0 Å². The topological polar surface area (TPSA) is 102 Å². The largest absolute Gasteiger partial charge is 0.452 e. The number of nitrogens with one attached hydrogen (secondary N) is 1. The van der Waals surface area contributed by atoms with E-state index in [2.05, 4.69) is 11.7 Å². The summed E-state index contributed by atoms with van der Waals surface area (Å²) >= 11 is 0. The molecule has 0 saturated heterocycles. The fourth-order valence-electron chi connectivity index (χ4n) is 2.70. The number of carbonyl (C=O) groups excluding carboxylic acids is 1. The van der Waals surface area contributed by atoms with Crippen LogP contribution >= 0.6 is 0 Å². The van der Waals surface area contributed by atoms with Crippen molar-refractivity contribution in [3.63, 3.8) is 0 Å². The highest BCUT2D eigenvalue weighted by atomic mass is 32.2. The number of rotatable bonds is 4. The summed E-state index contributed by atoms with van der Waals surface area (Å²) < 4.78 is 31.6. The van der Waals surface area contributed by atoms with Crippen molar-refractivity contribution >= 4 is 16.3 Å². The Balaban J connectivity index is 2.94. The lowest BCUT2D eigenvalue weighted by molar-refractivity contribution is 0.125. The molecule has 0 radical (unpaired) electrons. The molecule has 3 N–H and O–H groups in total.